The van der Waals surface area contributed by atoms with Crippen molar-refractivity contribution in [1.82, 2.24) is 0 Å². The van der Waals surface area contributed by atoms with Crippen LogP contribution >= 0.6 is 11.6 Å². The van der Waals surface area contributed by atoms with E-state index in [-0.39, 0.29) is 11.8 Å². The van der Waals surface area contributed by atoms with E-state index < -0.39 is 0 Å². The molecule has 2 N–H and O–H groups in total. The summed E-state index contributed by atoms with van der Waals surface area (Å²) in [5.41, 5.74) is 7.26. The summed E-state index contributed by atoms with van der Waals surface area (Å²) in [6.45, 7) is 4.09. The maximum Gasteiger partial charge on any atom is 0.230 e. The van der Waals surface area contributed by atoms with Gasteiger partial charge >= 0.3 is 0 Å². The minimum atomic E-state index is -0.176. The second-order valence-corrected chi connectivity index (χ2v) is 4.37. The first-order chi connectivity index (χ1) is 7.47. The van der Waals surface area contributed by atoms with Crippen LogP contribution in [0.25, 0.3) is 0 Å². The average Bonchev–Trinajstić information content (AvgIpc) is 2.29. The fourth-order valence-electron chi connectivity index (χ4n) is 1.35. The van der Waals surface area contributed by atoms with Gasteiger partial charge in [0, 0.05) is 30.2 Å². The second kappa shape index (κ2) is 5.32. The molecule has 1 unspecified atom stereocenters. The number of amides is 1. The van der Waals surface area contributed by atoms with Gasteiger partial charge in [0.2, 0.25) is 5.91 Å². The lowest BCUT2D eigenvalue weighted by Crippen LogP contribution is -2.35. The molecule has 0 heterocycles. The molecule has 1 atom stereocenters. The Hall–Kier alpha value is -1.06. The molecule has 1 rings (SSSR count). The van der Waals surface area contributed by atoms with Crippen LogP contribution in [0.3, 0.4) is 0 Å². The largest absolute Gasteiger partial charge is 0.330 e. The van der Waals surface area contributed by atoms with Gasteiger partial charge in [-0.05, 0) is 24.6 Å². The van der Waals surface area contributed by atoms with Crippen molar-refractivity contribution in [2.24, 2.45) is 11.7 Å². The SMILES string of the molecule is Cc1ccc(N(C)C(=O)C(C)CN)cc1Cl. The highest BCUT2D eigenvalue weighted by molar-refractivity contribution is 6.31. The highest BCUT2D eigenvalue weighted by Gasteiger charge is 2.17. The molecule has 88 valence electrons. The van der Waals surface area contributed by atoms with Gasteiger partial charge in [-0.3, -0.25) is 4.79 Å². The molecule has 0 bridgehead atoms. The van der Waals surface area contributed by atoms with Gasteiger partial charge in [-0.2, -0.15) is 0 Å². The van der Waals surface area contributed by atoms with Crippen molar-refractivity contribution in [2.45, 2.75) is 13.8 Å². The quantitative estimate of drug-likeness (QED) is 0.881. The van der Waals surface area contributed by atoms with E-state index in [4.69, 9.17) is 17.3 Å². The number of hydrogen-bond acceptors (Lipinski definition) is 2. The standard InChI is InChI=1S/C12H17ClN2O/c1-8-4-5-10(6-11(8)13)15(3)12(16)9(2)7-14/h4-6,9H,7,14H2,1-3H3. The number of hydrogen-bond donors (Lipinski definition) is 1. The van der Waals surface area contributed by atoms with Crippen LogP contribution in [0.15, 0.2) is 18.2 Å². The molecule has 0 saturated carbocycles. The van der Waals surface area contributed by atoms with Crippen LogP contribution in [0.5, 0.6) is 0 Å². The fourth-order valence-corrected chi connectivity index (χ4v) is 1.52. The van der Waals surface area contributed by atoms with E-state index in [2.05, 4.69) is 0 Å². The summed E-state index contributed by atoms with van der Waals surface area (Å²) in [6.07, 6.45) is 0. The third-order valence-electron chi connectivity index (χ3n) is 2.65. The maximum atomic E-state index is 11.9. The molecule has 0 aliphatic carbocycles. The zero-order valence-electron chi connectivity index (χ0n) is 9.83. The Balaban J connectivity index is 2.92. The number of halogens is 1. The summed E-state index contributed by atoms with van der Waals surface area (Å²) in [7, 11) is 1.73. The van der Waals surface area contributed by atoms with Gasteiger partial charge in [0.25, 0.3) is 0 Å². The molecule has 1 aromatic carbocycles. The van der Waals surface area contributed by atoms with Crippen LogP contribution in [0.2, 0.25) is 5.02 Å². The summed E-state index contributed by atoms with van der Waals surface area (Å²) in [6, 6.07) is 5.56. The van der Waals surface area contributed by atoms with Crippen LogP contribution in [-0.4, -0.2) is 19.5 Å². The van der Waals surface area contributed by atoms with Crippen molar-refractivity contribution in [3.63, 3.8) is 0 Å². The molecule has 0 saturated heterocycles. The van der Waals surface area contributed by atoms with E-state index >= 15 is 0 Å². The third kappa shape index (κ3) is 2.74. The van der Waals surface area contributed by atoms with Crippen molar-refractivity contribution >= 4 is 23.2 Å². The van der Waals surface area contributed by atoms with Crippen molar-refractivity contribution < 1.29 is 4.79 Å². The van der Waals surface area contributed by atoms with Gasteiger partial charge in [0.1, 0.15) is 0 Å². The summed E-state index contributed by atoms with van der Waals surface area (Å²) in [5.74, 6) is -0.174. The van der Waals surface area contributed by atoms with Crippen molar-refractivity contribution in [3.8, 4) is 0 Å². The Morgan fingerprint density at radius 1 is 1.56 bits per heavy atom. The first kappa shape index (κ1) is 13.0. The van der Waals surface area contributed by atoms with E-state index in [1.54, 1.807) is 18.0 Å². The summed E-state index contributed by atoms with van der Waals surface area (Å²) < 4.78 is 0. The summed E-state index contributed by atoms with van der Waals surface area (Å²) in [5, 5.41) is 0.664. The van der Waals surface area contributed by atoms with Gasteiger partial charge in [-0.15, -0.1) is 0 Å². The Kier molecular flexibility index (Phi) is 4.33. The molecule has 1 amide bonds. The number of rotatable bonds is 3. The fraction of sp³-hybridized carbons (Fsp3) is 0.417. The van der Waals surface area contributed by atoms with Crippen LogP contribution in [-0.2, 0) is 4.79 Å². The predicted molar refractivity (Wildman–Crippen MR) is 67.8 cm³/mol. The Bertz CT molecular complexity index is 393. The topological polar surface area (TPSA) is 46.3 Å². The van der Waals surface area contributed by atoms with Crippen molar-refractivity contribution in [3.05, 3.63) is 28.8 Å². The zero-order valence-corrected chi connectivity index (χ0v) is 10.6. The number of benzene rings is 1. The smallest absolute Gasteiger partial charge is 0.230 e. The van der Waals surface area contributed by atoms with E-state index in [9.17, 15) is 4.79 Å². The number of aryl methyl sites for hydroxylation is 1. The molecule has 0 fully saturated rings. The Morgan fingerprint density at radius 3 is 2.69 bits per heavy atom. The highest BCUT2D eigenvalue weighted by atomic mass is 35.5. The first-order valence-corrected chi connectivity index (χ1v) is 5.59. The predicted octanol–water partition coefficient (Wildman–Crippen LogP) is 2.21. The van der Waals surface area contributed by atoms with Gasteiger partial charge in [0.15, 0.2) is 0 Å². The molecule has 0 radical (unpaired) electrons. The van der Waals surface area contributed by atoms with Gasteiger partial charge in [-0.1, -0.05) is 24.6 Å². The van der Waals surface area contributed by atoms with Crippen LogP contribution in [0, 0.1) is 12.8 Å². The van der Waals surface area contributed by atoms with Crippen LogP contribution < -0.4 is 10.6 Å². The highest BCUT2D eigenvalue weighted by Crippen LogP contribution is 2.23. The lowest BCUT2D eigenvalue weighted by atomic mass is 10.1. The van der Waals surface area contributed by atoms with Gasteiger partial charge < -0.3 is 10.6 Å². The lowest BCUT2D eigenvalue weighted by molar-refractivity contribution is -0.121. The van der Waals surface area contributed by atoms with E-state index in [0.29, 0.717) is 11.6 Å². The normalized spacial score (nSPS) is 12.3. The molecule has 0 aliphatic heterocycles. The number of nitrogens with zero attached hydrogens (tertiary/aromatic N) is 1. The minimum absolute atomic E-state index is 0.00224. The third-order valence-corrected chi connectivity index (χ3v) is 3.06. The minimum Gasteiger partial charge on any atom is -0.330 e. The molecule has 0 aliphatic rings. The zero-order chi connectivity index (χ0) is 12.3. The summed E-state index contributed by atoms with van der Waals surface area (Å²) in [4.78, 5) is 13.5. The van der Waals surface area contributed by atoms with E-state index in [1.165, 1.54) is 0 Å². The molecule has 4 heteroatoms. The van der Waals surface area contributed by atoms with Crippen molar-refractivity contribution in [2.75, 3.05) is 18.5 Å². The van der Waals surface area contributed by atoms with E-state index in [1.807, 2.05) is 26.0 Å². The molecule has 3 nitrogen and oxygen atoms in total. The molecule has 0 aromatic heterocycles. The molecular weight excluding hydrogens is 224 g/mol. The maximum absolute atomic E-state index is 11.9. The van der Waals surface area contributed by atoms with Crippen LogP contribution in [0.1, 0.15) is 12.5 Å². The van der Waals surface area contributed by atoms with Gasteiger partial charge in [0.05, 0.1) is 0 Å². The Labute approximate surface area is 101 Å². The number of carbonyl (C=O) groups is 1. The first-order valence-electron chi connectivity index (χ1n) is 5.21. The molecular formula is C12H17ClN2O. The Morgan fingerprint density at radius 2 is 2.19 bits per heavy atom. The van der Waals surface area contributed by atoms with Crippen molar-refractivity contribution in [1.29, 1.82) is 0 Å². The number of nitrogens with two attached hydrogens (primary N) is 1. The molecule has 1 aromatic rings. The number of carbonyl (C=O) groups excluding carboxylic acids is 1. The monoisotopic (exact) mass is 240 g/mol. The lowest BCUT2D eigenvalue weighted by Gasteiger charge is -2.21. The molecule has 0 spiro atoms. The number of anilines is 1. The second-order valence-electron chi connectivity index (χ2n) is 3.97. The average molecular weight is 241 g/mol. The summed E-state index contributed by atoms with van der Waals surface area (Å²) >= 11 is 6.01. The van der Waals surface area contributed by atoms with Gasteiger partial charge in [-0.25, -0.2) is 0 Å². The van der Waals surface area contributed by atoms with Crippen LogP contribution in [0.4, 0.5) is 5.69 Å². The van der Waals surface area contributed by atoms with E-state index in [0.717, 1.165) is 11.3 Å². The molecule has 16 heavy (non-hydrogen) atoms.